The highest BCUT2D eigenvalue weighted by Crippen LogP contribution is 2.31. The van der Waals surface area contributed by atoms with E-state index in [-0.39, 0.29) is 0 Å². The predicted octanol–water partition coefficient (Wildman–Crippen LogP) is 2.02. The number of benzene rings is 1. The van der Waals surface area contributed by atoms with E-state index in [0.717, 1.165) is 25.3 Å². The number of fused-ring (bicyclic) bond motifs is 1. The quantitative estimate of drug-likeness (QED) is 0.846. The summed E-state index contributed by atoms with van der Waals surface area (Å²) in [6.45, 7) is 1.61. The minimum atomic E-state index is 0.370. The molecule has 4 nitrogen and oxygen atoms in total. The number of aromatic amines is 1. The van der Waals surface area contributed by atoms with Gasteiger partial charge in [0.2, 0.25) is 0 Å². The molecule has 0 aliphatic carbocycles. The maximum Gasteiger partial charge on any atom is 0.124 e. The molecule has 0 radical (unpaired) electrons. The predicted molar refractivity (Wildman–Crippen MR) is 64.7 cm³/mol. The van der Waals surface area contributed by atoms with Crippen LogP contribution < -0.4 is 10.1 Å². The molecule has 0 fully saturated rings. The molecule has 2 N–H and O–H groups in total. The van der Waals surface area contributed by atoms with Crippen molar-refractivity contribution in [3.8, 4) is 5.75 Å². The highest BCUT2D eigenvalue weighted by molar-refractivity contribution is 5.37. The van der Waals surface area contributed by atoms with Gasteiger partial charge in [0.25, 0.3) is 0 Å². The molecule has 1 unspecified atom stereocenters. The topological polar surface area (TPSA) is 49.9 Å². The van der Waals surface area contributed by atoms with Crippen LogP contribution in [0.4, 0.5) is 0 Å². The second kappa shape index (κ2) is 4.59. The van der Waals surface area contributed by atoms with Gasteiger partial charge in [-0.05, 0) is 6.07 Å². The van der Waals surface area contributed by atoms with E-state index in [2.05, 4.69) is 27.6 Å². The van der Waals surface area contributed by atoms with Gasteiger partial charge in [0.15, 0.2) is 0 Å². The van der Waals surface area contributed by atoms with Crippen LogP contribution in [0.2, 0.25) is 0 Å². The Morgan fingerprint density at radius 1 is 1.41 bits per heavy atom. The van der Waals surface area contributed by atoms with Crippen molar-refractivity contribution in [1.82, 2.24) is 15.5 Å². The lowest BCUT2D eigenvalue weighted by Gasteiger charge is -2.26. The molecule has 1 aliphatic heterocycles. The normalized spacial score (nSPS) is 18.5. The second-order valence-corrected chi connectivity index (χ2v) is 4.22. The number of ether oxygens (including phenoxy) is 1. The summed E-state index contributed by atoms with van der Waals surface area (Å²) in [4.78, 5) is 0. The van der Waals surface area contributed by atoms with Crippen molar-refractivity contribution in [1.29, 1.82) is 0 Å². The van der Waals surface area contributed by atoms with Crippen LogP contribution in [0, 0.1) is 0 Å². The lowest BCUT2D eigenvalue weighted by atomic mass is 10.0. The third-order valence-corrected chi connectivity index (χ3v) is 3.07. The van der Waals surface area contributed by atoms with E-state index >= 15 is 0 Å². The first kappa shape index (κ1) is 10.4. The van der Waals surface area contributed by atoms with Crippen molar-refractivity contribution < 1.29 is 4.74 Å². The van der Waals surface area contributed by atoms with Gasteiger partial charge in [0.05, 0.1) is 12.8 Å². The summed E-state index contributed by atoms with van der Waals surface area (Å²) in [6, 6.07) is 8.59. The zero-order chi connectivity index (χ0) is 11.5. The van der Waals surface area contributed by atoms with E-state index in [1.54, 1.807) is 0 Å². The Morgan fingerprint density at radius 2 is 2.35 bits per heavy atom. The molecule has 2 heterocycles. The molecule has 0 amide bonds. The van der Waals surface area contributed by atoms with E-state index < -0.39 is 0 Å². The Labute approximate surface area is 100 Å². The molecule has 1 aliphatic rings. The number of aromatic nitrogens is 2. The van der Waals surface area contributed by atoms with Crippen LogP contribution >= 0.6 is 0 Å². The van der Waals surface area contributed by atoms with E-state index in [0.29, 0.717) is 6.04 Å². The van der Waals surface area contributed by atoms with Crippen LogP contribution in [-0.4, -0.2) is 16.8 Å². The summed E-state index contributed by atoms with van der Waals surface area (Å²) < 4.78 is 5.63. The molecule has 1 aromatic carbocycles. The molecule has 0 bridgehead atoms. The van der Waals surface area contributed by atoms with Crippen LogP contribution in [0.5, 0.6) is 5.75 Å². The van der Waals surface area contributed by atoms with Gasteiger partial charge in [-0.3, -0.25) is 5.10 Å². The van der Waals surface area contributed by atoms with E-state index in [4.69, 9.17) is 4.74 Å². The highest BCUT2D eigenvalue weighted by Gasteiger charge is 2.20. The molecule has 17 heavy (non-hydrogen) atoms. The van der Waals surface area contributed by atoms with Crippen molar-refractivity contribution in [3.05, 3.63) is 47.8 Å². The summed E-state index contributed by atoms with van der Waals surface area (Å²) in [7, 11) is 0. The Balaban J connectivity index is 1.72. The fourth-order valence-corrected chi connectivity index (χ4v) is 2.17. The molecule has 1 atom stereocenters. The van der Waals surface area contributed by atoms with E-state index in [1.807, 2.05) is 24.5 Å². The van der Waals surface area contributed by atoms with Gasteiger partial charge in [-0.15, -0.1) is 0 Å². The van der Waals surface area contributed by atoms with Crippen LogP contribution in [0.1, 0.15) is 23.6 Å². The van der Waals surface area contributed by atoms with Crippen LogP contribution in [0.15, 0.2) is 36.7 Å². The second-order valence-electron chi connectivity index (χ2n) is 4.22. The number of hydrogen-bond acceptors (Lipinski definition) is 3. The molecule has 0 saturated carbocycles. The lowest BCUT2D eigenvalue weighted by Crippen LogP contribution is -2.26. The minimum Gasteiger partial charge on any atom is -0.493 e. The summed E-state index contributed by atoms with van der Waals surface area (Å²) in [5.74, 6) is 1.00. The molecule has 4 heteroatoms. The third-order valence-electron chi connectivity index (χ3n) is 3.07. The molecule has 1 aromatic heterocycles. The first-order valence-electron chi connectivity index (χ1n) is 5.86. The van der Waals surface area contributed by atoms with Crippen molar-refractivity contribution in [3.63, 3.8) is 0 Å². The molecular formula is C13H15N3O. The average Bonchev–Trinajstić information content (AvgIpc) is 2.89. The Bertz CT molecular complexity index is 481. The number of nitrogens with zero attached hydrogens (tertiary/aromatic N) is 1. The van der Waals surface area contributed by atoms with Crippen molar-refractivity contribution in [2.24, 2.45) is 0 Å². The monoisotopic (exact) mass is 229 g/mol. The fourth-order valence-electron chi connectivity index (χ4n) is 2.17. The smallest absolute Gasteiger partial charge is 0.124 e. The average molecular weight is 229 g/mol. The van der Waals surface area contributed by atoms with Crippen molar-refractivity contribution in [2.45, 2.75) is 19.0 Å². The highest BCUT2D eigenvalue weighted by atomic mass is 16.5. The number of para-hydroxylation sites is 1. The number of hydrogen-bond donors (Lipinski definition) is 2. The standard InChI is InChI=1S/C13H15N3O/c1-2-4-13-11(3-1)12(5-6-17-13)14-7-10-8-15-16-9-10/h1-4,8-9,12,14H,5-7H2,(H,15,16). The summed E-state index contributed by atoms with van der Waals surface area (Å²) in [6.07, 6.45) is 4.77. The SMILES string of the molecule is c1ccc2c(c1)OCCC2NCc1cn[nH]c1. The maximum absolute atomic E-state index is 5.63. The Hall–Kier alpha value is -1.81. The van der Waals surface area contributed by atoms with Gasteiger partial charge < -0.3 is 10.1 Å². The van der Waals surface area contributed by atoms with Crippen molar-refractivity contribution >= 4 is 0 Å². The van der Waals surface area contributed by atoms with Gasteiger partial charge in [-0.25, -0.2) is 0 Å². The largest absolute Gasteiger partial charge is 0.493 e. The fraction of sp³-hybridized carbons (Fsp3) is 0.308. The summed E-state index contributed by atoms with van der Waals surface area (Å²) in [5.41, 5.74) is 2.43. The van der Waals surface area contributed by atoms with Crippen LogP contribution in [0.3, 0.4) is 0 Å². The van der Waals surface area contributed by atoms with E-state index in [1.165, 1.54) is 11.1 Å². The van der Waals surface area contributed by atoms with Gasteiger partial charge >= 0.3 is 0 Å². The zero-order valence-electron chi connectivity index (χ0n) is 9.52. The summed E-state index contributed by atoms with van der Waals surface area (Å²) >= 11 is 0. The molecule has 0 saturated heterocycles. The molecule has 0 spiro atoms. The lowest BCUT2D eigenvalue weighted by molar-refractivity contribution is 0.252. The Kier molecular flexibility index (Phi) is 2.80. The summed E-state index contributed by atoms with van der Waals surface area (Å²) in [5, 5.41) is 10.3. The van der Waals surface area contributed by atoms with Crippen LogP contribution in [-0.2, 0) is 6.54 Å². The number of nitrogens with one attached hydrogen (secondary N) is 2. The molecule has 88 valence electrons. The van der Waals surface area contributed by atoms with E-state index in [9.17, 15) is 0 Å². The Morgan fingerprint density at radius 3 is 3.24 bits per heavy atom. The number of H-pyrrole nitrogens is 1. The molecule has 2 aromatic rings. The van der Waals surface area contributed by atoms with Gasteiger partial charge in [0, 0.05) is 36.3 Å². The van der Waals surface area contributed by atoms with Crippen molar-refractivity contribution in [2.75, 3.05) is 6.61 Å². The minimum absolute atomic E-state index is 0.370. The number of rotatable bonds is 3. The zero-order valence-corrected chi connectivity index (χ0v) is 9.52. The van der Waals surface area contributed by atoms with Gasteiger partial charge in [0.1, 0.15) is 5.75 Å². The molecular weight excluding hydrogens is 214 g/mol. The van der Waals surface area contributed by atoms with Gasteiger partial charge in [-0.1, -0.05) is 18.2 Å². The maximum atomic E-state index is 5.63. The molecule has 3 rings (SSSR count). The van der Waals surface area contributed by atoms with Gasteiger partial charge in [-0.2, -0.15) is 5.10 Å². The first-order valence-corrected chi connectivity index (χ1v) is 5.86. The van der Waals surface area contributed by atoms with Crippen LogP contribution in [0.25, 0.3) is 0 Å². The first-order chi connectivity index (χ1) is 8.43. The third kappa shape index (κ3) is 2.17.